The zero-order chi connectivity index (χ0) is 22.3. The van der Waals surface area contributed by atoms with Crippen LogP contribution in [0.5, 0.6) is 0 Å². The van der Waals surface area contributed by atoms with Gasteiger partial charge in [0.05, 0.1) is 16.5 Å². The number of aliphatic hydroxyl groups excluding tert-OH is 1. The number of aliphatic hydroxyl groups is 1. The largest absolute Gasteiger partial charge is 0.445 e. The van der Waals surface area contributed by atoms with Crippen LogP contribution in [-0.2, 0) is 27.8 Å². The number of nitrogens with one attached hydrogen (secondary N) is 1. The Labute approximate surface area is 182 Å². The van der Waals surface area contributed by atoms with Crippen molar-refractivity contribution in [3.8, 4) is 6.07 Å². The highest BCUT2D eigenvalue weighted by Crippen LogP contribution is 2.23. The Hall–Kier alpha value is -2.93. The number of benzene rings is 2. The predicted molar refractivity (Wildman–Crippen MR) is 113 cm³/mol. The summed E-state index contributed by atoms with van der Waals surface area (Å²) in [5, 5.41) is 21.1. The lowest BCUT2D eigenvalue weighted by Gasteiger charge is -2.31. The number of alkyl carbamates (subject to hydrolysis) is 1. The molecule has 3 rings (SSSR count). The van der Waals surface area contributed by atoms with E-state index in [4.69, 9.17) is 10.00 Å². The first-order valence-corrected chi connectivity index (χ1v) is 11.5. The molecule has 0 aromatic heterocycles. The molecule has 0 aliphatic carbocycles. The van der Waals surface area contributed by atoms with Crippen molar-refractivity contribution < 1.29 is 23.1 Å². The summed E-state index contributed by atoms with van der Waals surface area (Å²) in [5.74, 6) is 0. The number of carbonyl (C=O) groups is 1. The van der Waals surface area contributed by atoms with Crippen molar-refractivity contribution in [3.63, 3.8) is 0 Å². The Morgan fingerprint density at radius 1 is 1.19 bits per heavy atom. The SMILES string of the molecule is N#Cc1ccc(S(=O)(=O)N2CCC(NC(=O)OCc3ccccc3)CC2)cc1CCO. The van der Waals surface area contributed by atoms with Gasteiger partial charge in [-0.2, -0.15) is 9.57 Å². The second-order valence-corrected chi connectivity index (χ2v) is 9.23. The first kappa shape index (κ1) is 22.7. The molecule has 164 valence electrons. The Kier molecular flexibility index (Phi) is 7.63. The lowest BCUT2D eigenvalue weighted by molar-refractivity contribution is 0.131. The van der Waals surface area contributed by atoms with E-state index in [-0.39, 0.29) is 43.7 Å². The van der Waals surface area contributed by atoms with Gasteiger partial charge in [0.1, 0.15) is 6.61 Å². The molecule has 1 amide bonds. The highest BCUT2D eigenvalue weighted by molar-refractivity contribution is 7.89. The molecule has 2 N–H and O–H groups in total. The minimum Gasteiger partial charge on any atom is -0.445 e. The Morgan fingerprint density at radius 2 is 1.90 bits per heavy atom. The van der Waals surface area contributed by atoms with Gasteiger partial charge >= 0.3 is 6.09 Å². The molecule has 0 unspecified atom stereocenters. The normalized spacial score (nSPS) is 15.2. The average Bonchev–Trinajstić information content (AvgIpc) is 2.79. The first-order valence-electron chi connectivity index (χ1n) is 10.1. The molecule has 0 bridgehead atoms. The highest BCUT2D eigenvalue weighted by atomic mass is 32.2. The van der Waals surface area contributed by atoms with Crippen molar-refractivity contribution in [2.45, 2.75) is 36.8 Å². The van der Waals surface area contributed by atoms with E-state index in [2.05, 4.69) is 5.32 Å². The van der Waals surface area contributed by atoms with Crippen LogP contribution in [0, 0.1) is 11.3 Å². The molecule has 0 saturated carbocycles. The third-order valence-corrected chi connectivity index (χ3v) is 7.10. The zero-order valence-corrected chi connectivity index (χ0v) is 17.8. The molecule has 1 fully saturated rings. The number of nitriles is 1. The molecule has 1 heterocycles. The maximum absolute atomic E-state index is 13.0. The monoisotopic (exact) mass is 443 g/mol. The van der Waals surface area contributed by atoms with Crippen LogP contribution in [0.4, 0.5) is 4.79 Å². The Morgan fingerprint density at radius 3 is 2.55 bits per heavy atom. The topological polar surface area (TPSA) is 120 Å². The number of ether oxygens (including phenoxy) is 1. The number of piperidine rings is 1. The lowest BCUT2D eigenvalue weighted by atomic mass is 10.1. The minimum absolute atomic E-state index is 0.101. The summed E-state index contributed by atoms with van der Waals surface area (Å²) in [5.41, 5.74) is 1.75. The fraction of sp³-hybridized carbons (Fsp3) is 0.364. The second kappa shape index (κ2) is 10.4. The van der Waals surface area contributed by atoms with E-state index in [1.54, 1.807) is 0 Å². The third kappa shape index (κ3) is 5.82. The number of carbonyl (C=O) groups excluding carboxylic acids is 1. The number of nitrogens with zero attached hydrogens (tertiary/aromatic N) is 2. The van der Waals surface area contributed by atoms with E-state index in [1.807, 2.05) is 36.4 Å². The molecule has 2 aromatic carbocycles. The number of rotatable bonds is 7. The Bertz CT molecular complexity index is 1040. The van der Waals surface area contributed by atoms with Crippen LogP contribution >= 0.6 is 0 Å². The van der Waals surface area contributed by atoms with Gasteiger partial charge in [-0.05, 0) is 48.6 Å². The van der Waals surface area contributed by atoms with Gasteiger partial charge in [0, 0.05) is 25.7 Å². The summed E-state index contributed by atoms with van der Waals surface area (Å²) < 4.78 is 32.6. The molecule has 2 aromatic rings. The van der Waals surface area contributed by atoms with Gasteiger partial charge in [-0.15, -0.1) is 0 Å². The van der Waals surface area contributed by atoms with Gasteiger partial charge in [0.25, 0.3) is 0 Å². The van der Waals surface area contributed by atoms with Crippen LogP contribution in [0.1, 0.15) is 29.5 Å². The zero-order valence-electron chi connectivity index (χ0n) is 17.0. The van der Waals surface area contributed by atoms with Crippen LogP contribution in [0.25, 0.3) is 0 Å². The van der Waals surface area contributed by atoms with Gasteiger partial charge in [-0.25, -0.2) is 13.2 Å². The summed E-state index contributed by atoms with van der Waals surface area (Å²) >= 11 is 0. The van der Waals surface area contributed by atoms with E-state index in [0.717, 1.165) is 5.56 Å². The molecule has 0 radical (unpaired) electrons. The van der Waals surface area contributed by atoms with Crippen LogP contribution in [0.2, 0.25) is 0 Å². The molecule has 8 nitrogen and oxygen atoms in total. The molecular formula is C22H25N3O5S. The quantitative estimate of drug-likeness (QED) is 0.677. The molecule has 31 heavy (non-hydrogen) atoms. The van der Waals surface area contributed by atoms with Gasteiger partial charge in [0.2, 0.25) is 10.0 Å². The first-order chi connectivity index (χ1) is 14.9. The third-order valence-electron chi connectivity index (χ3n) is 5.20. The minimum atomic E-state index is -3.73. The molecule has 1 saturated heterocycles. The summed E-state index contributed by atoms with van der Waals surface area (Å²) in [6.07, 6.45) is 0.633. The summed E-state index contributed by atoms with van der Waals surface area (Å²) in [6, 6.07) is 15.5. The summed E-state index contributed by atoms with van der Waals surface area (Å²) in [7, 11) is -3.73. The number of hydrogen-bond acceptors (Lipinski definition) is 6. The molecule has 0 atom stereocenters. The molecule has 1 aliphatic rings. The maximum Gasteiger partial charge on any atom is 0.407 e. The number of sulfonamides is 1. The van der Waals surface area contributed by atoms with Crippen molar-refractivity contribution in [2.24, 2.45) is 0 Å². The smallest absolute Gasteiger partial charge is 0.407 e. The highest BCUT2D eigenvalue weighted by Gasteiger charge is 2.30. The van der Waals surface area contributed by atoms with E-state index >= 15 is 0 Å². The number of hydrogen-bond donors (Lipinski definition) is 2. The molecular weight excluding hydrogens is 418 g/mol. The fourth-order valence-corrected chi connectivity index (χ4v) is 5.01. The van der Waals surface area contributed by atoms with Gasteiger partial charge in [0.15, 0.2) is 0 Å². The van der Waals surface area contributed by atoms with Crippen LogP contribution in [0.3, 0.4) is 0 Å². The predicted octanol–water partition coefficient (Wildman–Crippen LogP) is 2.17. The average molecular weight is 444 g/mol. The van der Waals surface area contributed by atoms with E-state index in [9.17, 15) is 18.3 Å². The van der Waals surface area contributed by atoms with Crippen molar-refractivity contribution >= 4 is 16.1 Å². The summed E-state index contributed by atoms with van der Waals surface area (Å²) in [4.78, 5) is 12.1. The van der Waals surface area contributed by atoms with Crippen molar-refractivity contribution in [1.82, 2.24) is 9.62 Å². The van der Waals surface area contributed by atoms with Gasteiger partial charge in [-0.3, -0.25) is 0 Å². The van der Waals surface area contributed by atoms with Crippen molar-refractivity contribution in [3.05, 3.63) is 65.2 Å². The maximum atomic E-state index is 13.0. The van der Waals surface area contributed by atoms with Crippen molar-refractivity contribution in [2.75, 3.05) is 19.7 Å². The standard InChI is InChI=1S/C22H25N3O5S/c23-15-19-6-7-21(14-18(19)10-13-26)31(28,29)25-11-8-20(9-12-25)24-22(27)30-16-17-4-2-1-3-5-17/h1-7,14,20,26H,8-13,16H2,(H,24,27). The Balaban J connectivity index is 1.55. The fourth-order valence-electron chi connectivity index (χ4n) is 3.49. The molecule has 0 spiro atoms. The van der Waals surface area contributed by atoms with Crippen molar-refractivity contribution in [1.29, 1.82) is 5.26 Å². The number of amides is 1. The lowest BCUT2D eigenvalue weighted by Crippen LogP contribution is -2.46. The van der Waals surface area contributed by atoms with Crippen LogP contribution in [-0.4, -0.2) is 49.7 Å². The van der Waals surface area contributed by atoms with E-state index < -0.39 is 16.1 Å². The second-order valence-electron chi connectivity index (χ2n) is 7.29. The van der Waals surface area contributed by atoms with Crippen LogP contribution < -0.4 is 5.32 Å². The van der Waals surface area contributed by atoms with E-state index in [1.165, 1.54) is 22.5 Å². The molecule has 9 heteroatoms. The van der Waals surface area contributed by atoms with Crippen LogP contribution in [0.15, 0.2) is 53.4 Å². The van der Waals surface area contributed by atoms with E-state index in [0.29, 0.717) is 24.0 Å². The summed E-state index contributed by atoms with van der Waals surface area (Å²) in [6.45, 7) is 0.535. The van der Waals surface area contributed by atoms with Gasteiger partial charge < -0.3 is 15.2 Å². The van der Waals surface area contributed by atoms with Gasteiger partial charge in [-0.1, -0.05) is 30.3 Å². The molecule has 1 aliphatic heterocycles.